The molecule has 1 N–H and O–H groups in total. The highest BCUT2D eigenvalue weighted by atomic mass is 19.3. The third kappa shape index (κ3) is 6.07. The Balaban J connectivity index is 1.58. The van der Waals surface area contributed by atoms with E-state index in [0.29, 0.717) is 18.9 Å². The maximum Gasteiger partial charge on any atom is 0.387 e. The van der Waals surface area contributed by atoms with Crippen LogP contribution in [0.1, 0.15) is 10.4 Å². The van der Waals surface area contributed by atoms with E-state index in [2.05, 4.69) is 15.0 Å². The summed E-state index contributed by atoms with van der Waals surface area (Å²) in [7, 11) is 2.75. The molecule has 0 spiro atoms. The molecule has 0 bridgehead atoms. The summed E-state index contributed by atoms with van der Waals surface area (Å²) in [6, 6.07) is 11.3. The largest absolute Gasteiger partial charge is 0.493 e. The molecule has 0 unspecified atom stereocenters. The van der Waals surface area contributed by atoms with Crippen molar-refractivity contribution in [2.24, 2.45) is 0 Å². The standard InChI is InChI=1S/C22H25F2N3O5/c1-26(21(29)15-3-8-18(30-2)19(13-15)32-22(23)24)14-20(28)25-16-4-6-17(7-5-16)27-9-11-31-12-10-27/h3-8,13,22H,9-12,14H2,1-2H3,(H,25,28). The van der Waals surface area contributed by atoms with Crippen molar-refractivity contribution in [2.45, 2.75) is 6.61 Å². The smallest absolute Gasteiger partial charge is 0.387 e. The van der Waals surface area contributed by atoms with Crippen molar-refractivity contribution < 1.29 is 32.6 Å². The molecule has 0 aliphatic carbocycles. The molecule has 1 saturated heterocycles. The molecule has 10 heteroatoms. The summed E-state index contributed by atoms with van der Waals surface area (Å²) in [4.78, 5) is 28.4. The number of ether oxygens (including phenoxy) is 3. The molecule has 3 rings (SSSR count). The number of methoxy groups -OCH3 is 1. The second-order valence-corrected chi connectivity index (χ2v) is 7.10. The van der Waals surface area contributed by atoms with E-state index in [1.165, 1.54) is 31.2 Å². The zero-order valence-corrected chi connectivity index (χ0v) is 17.8. The summed E-state index contributed by atoms with van der Waals surface area (Å²) < 4.78 is 39.9. The number of hydrogen-bond donors (Lipinski definition) is 1. The van der Waals surface area contributed by atoms with Crippen LogP contribution in [0.25, 0.3) is 0 Å². The van der Waals surface area contributed by atoms with Gasteiger partial charge in [0.25, 0.3) is 5.91 Å². The fraction of sp³-hybridized carbons (Fsp3) is 0.364. The second-order valence-electron chi connectivity index (χ2n) is 7.10. The summed E-state index contributed by atoms with van der Waals surface area (Å²) in [5.74, 6) is -1.10. The van der Waals surface area contributed by atoms with Gasteiger partial charge in [0.05, 0.1) is 26.9 Å². The summed E-state index contributed by atoms with van der Waals surface area (Å²) in [5, 5.41) is 2.75. The van der Waals surface area contributed by atoms with Gasteiger partial charge in [0.2, 0.25) is 5.91 Å². The van der Waals surface area contributed by atoms with Crippen LogP contribution in [0.3, 0.4) is 0 Å². The molecule has 0 aromatic heterocycles. The van der Waals surface area contributed by atoms with Crippen molar-refractivity contribution in [1.82, 2.24) is 4.90 Å². The number of rotatable bonds is 8. The third-order valence-electron chi connectivity index (χ3n) is 4.88. The first-order valence-corrected chi connectivity index (χ1v) is 9.98. The van der Waals surface area contributed by atoms with Gasteiger partial charge in [-0.05, 0) is 42.5 Å². The number of carbonyl (C=O) groups excluding carboxylic acids is 2. The molecule has 1 fully saturated rings. The highest BCUT2D eigenvalue weighted by Gasteiger charge is 2.19. The van der Waals surface area contributed by atoms with Gasteiger partial charge in [-0.3, -0.25) is 9.59 Å². The first-order valence-electron chi connectivity index (χ1n) is 9.98. The van der Waals surface area contributed by atoms with Crippen molar-refractivity contribution in [2.75, 3.05) is 57.2 Å². The number of alkyl halides is 2. The van der Waals surface area contributed by atoms with Crippen molar-refractivity contribution in [1.29, 1.82) is 0 Å². The Labute approximate surface area is 184 Å². The Morgan fingerprint density at radius 1 is 1.12 bits per heavy atom. The molecular formula is C22H25F2N3O5. The van der Waals surface area contributed by atoms with Gasteiger partial charge in [-0.25, -0.2) is 0 Å². The zero-order valence-electron chi connectivity index (χ0n) is 17.8. The predicted octanol–water partition coefficient (Wildman–Crippen LogP) is 2.84. The topological polar surface area (TPSA) is 80.3 Å². The van der Waals surface area contributed by atoms with Gasteiger partial charge in [-0.1, -0.05) is 0 Å². The molecule has 1 heterocycles. The Kier molecular flexibility index (Phi) is 7.82. The lowest BCUT2D eigenvalue weighted by Crippen LogP contribution is -2.36. The number of amides is 2. The van der Waals surface area contributed by atoms with Gasteiger partial charge in [0, 0.05) is 37.1 Å². The fourth-order valence-corrected chi connectivity index (χ4v) is 3.28. The molecule has 0 atom stereocenters. The van der Waals surface area contributed by atoms with E-state index in [-0.39, 0.29) is 23.6 Å². The van der Waals surface area contributed by atoms with Gasteiger partial charge >= 0.3 is 6.61 Å². The van der Waals surface area contributed by atoms with Gasteiger partial charge in [0.1, 0.15) is 0 Å². The van der Waals surface area contributed by atoms with Gasteiger partial charge < -0.3 is 29.3 Å². The average molecular weight is 449 g/mol. The van der Waals surface area contributed by atoms with E-state index in [4.69, 9.17) is 9.47 Å². The quantitative estimate of drug-likeness (QED) is 0.668. The molecule has 0 saturated carbocycles. The van der Waals surface area contributed by atoms with E-state index in [0.717, 1.165) is 24.8 Å². The number of morpholine rings is 1. The third-order valence-corrected chi connectivity index (χ3v) is 4.88. The van der Waals surface area contributed by atoms with Gasteiger partial charge in [-0.15, -0.1) is 0 Å². The van der Waals surface area contributed by atoms with Crippen LogP contribution in [0.5, 0.6) is 11.5 Å². The van der Waals surface area contributed by atoms with E-state index in [1.54, 1.807) is 12.1 Å². The Morgan fingerprint density at radius 3 is 2.44 bits per heavy atom. The van der Waals surface area contributed by atoms with Crippen LogP contribution in [-0.4, -0.2) is 70.3 Å². The van der Waals surface area contributed by atoms with Crippen LogP contribution in [-0.2, 0) is 9.53 Å². The first-order chi connectivity index (χ1) is 15.4. The lowest BCUT2D eigenvalue weighted by Gasteiger charge is -2.28. The molecule has 2 amide bonds. The Hall–Kier alpha value is -3.40. The maximum absolute atomic E-state index is 12.6. The van der Waals surface area contributed by atoms with Crippen LogP contribution in [0, 0.1) is 0 Å². The van der Waals surface area contributed by atoms with Crippen LogP contribution in [0.2, 0.25) is 0 Å². The van der Waals surface area contributed by atoms with Gasteiger partial charge in [-0.2, -0.15) is 8.78 Å². The van der Waals surface area contributed by atoms with Crippen molar-refractivity contribution >= 4 is 23.2 Å². The minimum Gasteiger partial charge on any atom is -0.493 e. The number of nitrogens with zero attached hydrogens (tertiary/aromatic N) is 2. The first kappa shape index (κ1) is 23.3. The second kappa shape index (κ2) is 10.8. The monoisotopic (exact) mass is 449 g/mol. The number of nitrogens with one attached hydrogen (secondary N) is 1. The number of anilines is 2. The van der Waals surface area contributed by atoms with Crippen LogP contribution >= 0.6 is 0 Å². The van der Waals surface area contributed by atoms with Crippen molar-refractivity contribution in [3.63, 3.8) is 0 Å². The lowest BCUT2D eigenvalue weighted by atomic mass is 10.1. The Morgan fingerprint density at radius 2 is 1.81 bits per heavy atom. The number of carbonyl (C=O) groups is 2. The SMILES string of the molecule is COc1ccc(C(=O)N(C)CC(=O)Nc2ccc(N3CCOCC3)cc2)cc1OC(F)F. The molecular weight excluding hydrogens is 424 g/mol. The molecule has 8 nitrogen and oxygen atoms in total. The molecule has 2 aromatic rings. The molecule has 1 aliphatic rings. The van der Waals surface area contributed by atoms with Crippen molar-refractivity contribution in [3.8, 4) is 11.5 Å². The average Bonchev–Trinajstić information content (AvgIpc) is 2.79. The normalized spacial score (nSPS) is 13.6. The minimum absolute atomic E-state index is 0.0720. The summed E-state index contributed by atoms with van der Waals surface area (Å²) in [6.07, 6.45) is 0. The van der Waals surface area contributed by atoms with Crippen LogP contribution in [0.4, 0.5) is 20.2 Å². The maximum atomic E-state index is 12.6. The van der Waals surface area contributed by atoms with Gasteiger partial charge in [0.15, 0.2) is 11.5 Å². The highest BCUT2D eigenvalue weighted by molar-refractivity contribution is 5.99. The van der Waals surface area contributed by atoms with Crippen LogP contribution < -0.4 is 19.7 Å². The number of benzene rings is 2. The van der Waals surface area contributed by atoms with Crippen molar-refractivity contribution in [3.05, 3.63) is 48.0 Å². The summed E-state index contributed by atoms with van der Waals surface area (Å²) in [5.41, 5.74) is 1.73. The lowest BCUT2D eigenvalue weighted by molar-refractivity contribution is -0.116. The fourth-order valence-electron chi connectivity index (χ4n) is 3.28. The molecule has 32 heavy (non-hydrogen) atoms. The number of halogens is 2. The van der Waals surface area contributed by atoms with E-state index in [9.17, 15) is 18.4 Å². The molecule has 0 radical (unpaired) electrons. The molecule has 1 aliphatic heterocycles. The van der Waals surface area contributed by atoms with E-state index < -0.39 is 18.4 Å². The zero-order chi connectivity index (χ0) is 23.1. The van der Waals surface area contributed by atoms with E-state index >= 15 is 0 Å². The minimum atomic E-state index is -3.06. The molecule has 172 valence electrons. The predicted molar refractivity (Wildman–Crippen MR) is 115 cm³/mol. The van der Waals surface area contributed by atoms with Crippen LogP contribution in [0.15, 0.2) is 42.5 Å². The Bertz CT molecular complexity index is 934. The van der Waals surface area contributed by atoms with E-state index in [1.807, 2.05) is 12.1 Å². The summed E-state index contributed by atoms with van der Waals surface area (Å²) >= 11 is 0. The number of likely N-dealkylation sites (N-methyl/N-ethyl adjacent to an activating group) is 1. The highest BCUT2D eigenvalue weighted by Crippen LogP contribution is 2.30. The number of hydrogen-bond acceptors (Lipinski definition) is 6. The summed E-state index contributed by atoms with van der Waals surface area (Å²) in [6.45, 7) is -0.290. The molecule has 2 aromatic carbocycles.